The molecule has 0 amide bonds. The van der Waals surface area contributed by atoms with E-state index >= 15 is 0 Å². The Morgan fingerprint density at radius 3 is 1.95 bits per heavy atom. The highest BCUT2D eigenvalue weighted by molar-refractivity contribution is 6.43. The molecule has 2 aromatic rings. The van der Waals surface area contributed by atoms with Crippen LogP contribution >= 0.6 is 23.2 Å². The molecule has 112 valence electrons. The molecule has 0 radical (unpaired) electrons. The van der Waals surface area contributed by atoms with Crippen molar-refractivity contribution in [1.29, 1.82) is 0 Å². The van der Waals surface area contributed by atoms with Gasteiger partial charge in [-0.05, 0) is 29.3 Å². The van der Waals surface area contributed by atoms with Crippen molar-refractivity contribution >= 4 is 23.2 Å². The highest BCUT2D eigenvalue weighted by Crippen LogP contribution is 2.42. The fourth-order valence-electron chi connectivity index (χ4n) is 2.34. The first-order chi connectivity index (χ1) is 9.91. The van der Waals surface area contributed by atoms with E-state index in [1.54, 1.807) is 14.2 Å². The topological polar surface area (TPSA) is 18.5 Å². The smallest absolute Gasteiger partial charge is 0.138 e. The summed E-state index contributed by atoms with van der Waals surface area (Å²) in [6.07, 6.45) is 0. The van der Waals surface area contributed by atoms with E-state index in [0.29, 0.717) is 15.8 Å². The molecule has 2 aromatic carbocycles. The van der Waals surface area contributed by atoms with Gasteiger partial charge in [0.2, 0.25) is 0 Å². The molecule has 0 aliphatic rings. The van der Waals surface area contributed by atoms with Crippen molar-refractivity contribution in [1.82, 2.24) is 0 Å². The molecule has 0 unspecified atom stereocenters. The van der Waals surface area contributed by atoms with Crippen LogP contribution in [0.2, 0.25) is 10.0 Å². The van der Waals surface area contributed by atoms with Gasteiger partial charge in [0, 0.05) is 5.41 Å². The molecule has 0 N–H and O–H groups in total. The van der Waals surface area contributed by atoms with E-state index in [1.807, 2.05) is 36.4 Å². The largest absolute Gasteiger partial charge is 0.497 e. The number of ether oxygens (including phenoxy) is 2. The molecule has 0 spiro atoms. The number of benzene rings is 2. The molecular formula is C17H18Cl2O2. The van der Waals surface area contributed by atoms with Crippen molar-refractivity contribution in [2.75, 3.05) is 14.2 Å². The Morgan fingerprint density at radius 2 is 1.43 bits per heavy atom. The number of hydrogen-bond donors (Lipinski definition) is 0. The lowest BCUT2D eigenvalue weighted by Gasteiger charge is -2.28. The lowest BCUT2D eigenvalue weighted by Crippen LogP contribution is -2.19. The summed E-state index contributed by atoms with van der Waals surface area (Å²) in [5.74, 6) is 1.41. The summed E-state index contributed by atoms with van der Waals surface area (Å²) >= 11 is 12.7. The summed E-state index contributed by atoms with van der Waals surface area (Å²) in [6, 6.07) is 11.7. The van der Waals surface area contributed by atoms with E-state index in [1.165, 1.54) is 0 Å². The van der Waals surface area contributed by atoms with Gasteiger partial charge in [-0.3, -0.25) is 0 Å². The fourth-order valence-corrected chi connectivity index (χ4v) is 2.97. The average Bonchev–Trinajstić information content (AvgIpc) is 2.49. The van der Waals surface area contributed by atoms with Crippen molar-refractivity contribution in [3.05, 3.63) is 57.6 Å². The maximum absolute atomic E-state index is 6.43. The van der Waals surface area contributed by atoms with E-state index in [9.17, 15) is 0 Å². The van der Waals surface area contributed by atoms with Crippen LogP contribution in [0.1, 0.15) is 25.0 Å². The number of hydrogen-bond acceptors (Lipinski definition) is 2. The summed E-state index contributed by atoms with van der Waals surface area (Å²) in [5, 5.41) is 0.968. The van der Waals surface area contributed by atoms with Crippen LogP contribution in [0.5, 0.6) is 11.5 Å². The molecule has 0 saturated heterocycles. The molecule has 0 aromatic heterocycles. The first-order valence-corrected chi connectivity index (χ1v) is 7.34. The van der Waals surface area contributed by atoms with Gasteiger partial charge in [0.1, 0.15) is 16.5 Å². The summed E-state index contributed by atoms with van der Waals surface area (Å²) < 4.78 is 10.4. The maximum Gasteiger partial charge on any atom is 0.138 e. The molecule has 0 heterocycles. The third-order valence-electron chi connectivity index (χ3n) is 3.75. The summed E-state index contributed by atoms with van der Waals surface area (Å²) in [6.45, 7) is 4.22. The lowest BCUT2D eigenvalue weighted by atomic mass is 9.78. The second-order valence-corrected chi connectivity index (χ2v) is 6.05. The van der Waals surface area contributed by atoms with Crippen molar-refractivity contribution in [3.8, 4) is 11.5 Å². The molecule has 0 fully saturated rings. The van der Waals surface area contributed by atoms with Crippen molar-refractivity contribution in [3.63, 3.8) is 0 Å². The minimum Gasteiger partial charge on any atom is -0.497 e. The number of halogens is 2. The predicted octanol–water partition coefficient (Wildman–Crippen LogP) is 5.34. The Morgan fingerprint density at radius 1 is 0.810 bits per heavy atom. The van der Waals surface area contributed by atoms with Gasteiger partial charge < -0.3 is 9.47 Å². The fraction of sp³-hybridized carbons (Fsp3) is 0.294. The highest BCUT2D eigenvalue weighted by atomic mass is 35.5. The quantitative estimate of drug-likeness (QED) is 0.756. The third-order valence-corrected chi connectivity index (χ3v) is 4.62. The van der Waals surface area contributed by atoms with Crippen LogP contribution in [-0.4, -0.2) is 14.2 Å². The van der Waals surface area contributed by atoms with Gasteiger partial charge in [-0.2, -0.15) is 0 Å². The minimum absolute atomic E-state index is 0.279. The van der Waals surface area contributed by atoms with Crippen LogP contribution in [-0.2, 0) is 5.41 Å². The van der Waals surface area contributed by atoms with Gasteiger partial charge in [-0.1, -0.05) is 55.2 Å². The van der Waals surface area contributed by atoms with Gasteiger partial charge in [0.15, 0.2) is 0 Å². The Labute approximate surface area is 135 Å². The maximum atomic E-state index is 6.43. The van der Waals surface area contributed by atoms with Gasteiger partial charge >= 0.3 is 0 Å². The third kappa shape index (κ3) is 2.97. The van der Waals surface area contributed by atoms with Gasteiger partial charge in [0.25, 0.3) is 0 Å². The zero-order valence-electron chi connectivity index (χ0n) is 12.5. The Balaban J connectivity index is 2.49. The van der Waals surface area contributed by atoms with Crippen LogP contribution in [0.25, 0.3) is 0 Å². The number of rotatable bonds is 4. The summed E-state index contributed by atoms with van der Waals surface area (Å²) in [4.78, 5) is 0. The van der Waals surface area contributed by atoms with Crippen LogP contribution < -0.4 is 9.47 Å². The van der Waals surface area contributed by atoms with Crippen LogP contribution in [0.15, 0.2) is 36.4 Å². The monoisotopic (exact) mass is 324 g/mol. The summed E-state index contributed by atoms with van der Waals surface area (Å²) in [7, 11) is 3.23. The first kappa shape index (κ1) is 16.0. The molecule has 2 nitrogen and oxygen atoms in total. The Bertz CT molecular complexity index is 634. The first-order valence-electron chi connectivity index (χ1n) is 6.58. The molecular weight excluding hydrogens is 307 g/mol. The molecule has 0 aliphatic carbocycles. The predicted molar refractivity (Wildman–Crippen MR) is 88.1 cm³/mol. The standard InChI is InChI=1S/C17H18Cl2O2/c1-17(2,11-5-7-12(20-3)8-6-11)13-9-10-14(21-4)16(19)15(13)18/h5-10H,1-4H3. The lowest BCUT2D eigenvalue weighted by molar-refractivity contribution is 0.414. The molecule has 0 atom stereocenters. The molecule has 0 bridgehead atoms. The molecule has 4 heteroatoms. The number of methoxy groups -OCH3 is 2. The van der Waals surface area contributed by atoms with E-state index in [4.69, 9.17) is 32.7 Å². The van der Waals surface area contributed by atoms with Crippen molar-refractivity contribution < 1.29 is 9.47 Å². The normalized spacial score (nSPS) is 11.3. The van der Waals surface area contributed by atoms with Crippen LogP contribution in [0.4, 0.5) is 0 Å². The molecule has 0 aliphatic heterocycles. The van der Waals surface area contributed by atoms with E-state index in [2.05, 4.69) is 13.8 Å². The highest BCUT2D eigenvalue weighted by Gasteiger charge is 2.27. The zero-order valence-corrected chi connectivity index (χ0v) is 14.0. The average molecular weight is 325 g/mol. The second-order valence-electron chi connectivity index (χ2n) is 5.30. The van der Waals surface area contributed by atoms with Crippen LogP contribution in [0, 0.1) is 0 Å². The SMILES string of the molecule is COc1ccc(C(C)(C)c2ccc(OC)c(Cl)c2Cl)cc1. The van der Waals surface area contributed by atoms with Crippen LogP contribution in [0.3, 0.4) is 0 Å². The second kappa shape index (κ2) is 6.17. The van der Waals surface area contributed by atoms with E-state index < -0.39 is 0 Å². The molecule has 2 rings (SSSR count). The Hall–Kier alpha value is -1.38. The Kier molecular flexibility index (Phi) is 4.70. The van der Waals surface area contributed by atoms with Gasteiger partial charge in [-0.15, -0.1) is 0 Å². The minimum atomic E-state index is -0.279. The van der Waals surface area contributed by atoms with Gasteiger partial charge in [-0.25, -0.2) is 0 Å². The van der Waals surface area contributed by atoms with Crippen molar-refractivity contribution in [2.24, 2.45) is 0 Å². The molecule has 21 heavy (non-hydrogen) atoms. The summed E-state index contributed by atoms with van der Waals surface area (Å²) in [5.41, 5.74) is 1.81. The zero-order chi connectivity index (χ0) is 15.6. The van der Waals surface area contributed by atoms with Gasteiger partial charge in [0.05, 0.1) is 19.2 Å². The van der Waals surface area contributed by atoms with Crippen molar-refractivity contribution in [2.45, 2.75) is 19.3 Å². The molecule has 0 saturated carbocycles. The van der Waals surface area contributed by atoms with E-state index in [0.717, 1.165) is 16.9 Å². The van der Waals surface area contributed by atoms with E-state index in [-0.39, 0.29) is 5.41 Å².